The lowest BCUT2D eigenvalue weighted by Gasteiger charge is -2.10. The minimum Gasteiger partial charge on any atom is -0.301 e. The van der Waals surface area contributed by atoms with Crippen LogP contribution >= 0.6 is 0 Å². The summed E-state index contributed by atoms with van der Waals surface area (Å²) in [5.74, 6) is 0.0625. The molecule has 206 valence electrons. The predicted molar refractivity (Wildman–Crippen MR) is 166 cm³/mol. The number of benzene rings is 5. The number of aromatic amines is 1. The van der Waals surface area contributed by atoms with Gasteiger partial charge in [-0.1, -0.05) is 84.9 Å². The van der Waals surface area contributed by atoms with Gasteiger partial charge in [-0.15, -0.1) is 0 Å². The van der Waals surface area contributed by atoms with Crippen molar-refractivity contribution in [3.05, 3.63) is 115 Å². The van der Waals surface area contributed by atoms with Crippen LogP contribution in [0.3, 0.4) is 0 Å². The van der Waals surface area contributed by atoms with E-state index in [-0.39, 0.29) is 10.7 Å². The van der Waals surface area contributed by atoms with Crippen molar-refractivity contribution in [3.63, 3.8) is 0 Å². The van der Waals surface area contributed by atoms with Crippen LogP contribution in [-0.4, -0.2) is 32.8 Å². The maximum absolute atomic E-state index is 13.3. The van der Waals surface area contributed by atoms with Gasteiger partial charge in [0.25, 0.3) is 10.0 Å². The van der Waals surface area contributed by atoms with Crippen molar-refractivity contribution in [2.24, 2.45) is 0 Å². The Morgan fingerprint density at radius 3 is 2.19 bits per heavy atom. The number of sulfonamides is 1. The Labute approximate surface area is 243 Å². The molecule has 7 rings (SSSR count). The Hall–Kier alpha value is -5.13. The second-order valence-corrected chi connectivity index (χ2v) is 12.4. The molecule has 3 N–H and O–H groups in total. The Balaban J connectivity index is 1.11. The molecule has 0 saturated carbocycles. The van der Waals surface area contributed by atoms with E-state index in [0.29, 0.717) is 32.8 Å². The van der Waals surface area contributed by atoms with Crippen LogP contribution in [0.2, 0.25) is 0 Å². The molecule has 0 fully saturated rings. The molecular formula is C31H22N6O3S2. The van der Waals surface area contributed by atoms with Crippen LogP contribution in [0.15, 0.2) is 125 Å². The number of nitrogens with zero attached hydrogens (tertiary/aromatic N) is 3. The Kier molecular flexibility index (Phi) is 6.37. The molecule has 2 heterocycles. The average molecular weight is 591 g/mol. The maximum Gasteiger partial charge on any atom is 0.263 e. The van der Waals surface area contributed by atoms with Gasteiger partial charge < -0.3 is 4.72 Å². The van der Waals surface area contributed by atoms with Gasteiger partial charge in [0.1, 0.15) is 0 Å². The van der Waals surface area contributed by atoms with Crippen LogP contribution in [0.4, 0.5) is 11.5 Å². The molecule has 9 nitrogen and oxygen atoms in total. The summed E-state index contributed by atoms with van der Waals surface area (Å²) in [5.41, 5.74) is 2.66. The number of fused-ring (bicyclic) bond motifs is 3. The number of anilines is 2. The first-order valence-electron chi connectivity index (χ1n) is 12.9. The fraction of sp³-hybridized carbons (Fsp3) is 0. The van der Waals surface area contributed by atoms with Crippen LogP contribution in [0.25, 0.3) is 44.0 Å². The van der Waals surface area contributed by atoms with E-state index in [1.54, 1.807) is 30.5 Å². The zero-order chi connectivity index (χ0) is 28.7. The van der Waals surface area contributed by atoms with Gasteiger partial charge in [0.2, 0.25) is 0 Å². The van der Waals surface area contributed by atoms with Crippen molar-refractivity contribution >= 4 is 65.2 Å². The molecule has 0 spiro atoms. The summed E-state index contributed by atoms with van der Waals surface area (Å²) >= 11 is 0. The molecule has 7 aromatic rings. The van der Waals surface area contributed by atoms with Gasteiger partial charge in [-0.05, 0) is 40.4 Å². The fourth-order valence-corrected chi connectivity index (χ4v) is 7.14. The number of H-pyrrole nitrogens is 1. The summed E-state index contributed by atoms with van der Waals surface area (Å²) in [6.07, 6.45) is 1.56. The van der Waals surface area contributed by atoms with E-state index in [2.05, 4.69) is 29.6 Å². The van der Waals surface area contributed by atoms with E-state index in [0.717, 1.165) is 21.7 Å². The molecule has 0 aliphatic rings. The third-order valence-electron chi connectivity index (χ3n) is 6.88. The van der Waals surface area contributed by atoms with Gasteiger partial charge >= 0.3 is 0 Å². The zero-order valence-corrected chi connectivity index (χ0v) is 23.5. The van der Waals surface area contributed by atoms with Crippen molar-refractivity contribution in [3.8, 4) is 11.3 Å². The Morgan fingerprint density at radius 1 is 0.738 bits per heavy atom. The van der Waals surface area contributed by atoms with Crippen molar-refractivity contribution < 1.29 is 12.6 Å². The zero-order valence-electron chi connectivity index (χ0n) is 21.9. The topological polar surface area (TPSA) is 130 Å². The molecule has 0 aliphatic carbocycles. The summed E-state index contributed by atoms with van der Waals surface area (Å²) in [7, 11) is -5.40. The highest BCUT2D eigenvalue weighted by atomic mass is 32.2. The molecular weight excluding hydrogens is 569 g/mol. The molecule has 0 amide bonds. The number of hydrogen-bond acceptors (Lipinski definition) is 6. The predicted octanol–water partition coefficient (Wildman–Crippen LogP) is 6.26. The Morgan fingerprint density at radius 2 is 1.40 bits per heavy atom. The van der Waals surface area contributed by atoms with Crippen molar-refractivity contribution in [2.75, 3.05) is 9.44 Å². The lowest BCUT2D eigenvalue weighted by Crippen LogP contribution is -2.14. The molecule has 11 heteroatoms. The van der Waals surface area contributed by atoms with Crippen molar-refractivity contribution in [1.82, 2.24) is 20.2 Å². The third-order valence-corrected chi connectivity index (χ3v) is 9.45. The third kappa shape index (κ3) is 4.74. The quantitative estimate of drug-likeness (QED) is 0.201. The highest BCUT2D eigenvalue weighted by molar-refractivity contribution is 7.93. The smallest absolute Gasteiger partial charge is 0.263 e. The molecule has 0 radical (unpaired) electrons. The highest BCUT2D eigenvalue weighted by Gasteiger charge is 2.21. The average Bonchev–Trinajstić information content (AvgIpc) is 3.42. The first kappa shape index (κ1) is 25.8. The van der Waals surface area contributed by atoms with Crippen LogP contribution in [0.1, 0.15) is 0 Å². The first-order chi connectivity index (χ1) is 20.5. The summed E-state index contributed by atoms with van der Waals surface area (Å²) in [6, 6.07) is 33.3. The van der Waals surface area contributed by atoms with E-state index in [9.17, 15) is 12.6 Å². The standard InChI is InChI=1S/C31H22N6O3S2/c38-41(27-13-5-9-20-7-1-3-11-24(20)27)36-23-17-15-22(16-18-23)26-19-32-29-30(33-26)34-35-31(29)37-42(39,40)28-14-6-10-21-8-2-4-12-25(21)28/h1-19,36H,(H2,33,34,35,37). The molecule has 1 unspecified atom stereocenters. The van der Waals surface area contributed by atoms with Gasteiger partial charge in [-0.25, -0.2) is 22.6 Å². The molecule has 2 aromatic heterocycles. The SMILES string of the molecule is O=S(Nc1ccc(-c2cnc3c(NS(=O)(=O)c4cccc5ccccc45)n[nH]c3n2)cc1)c1cccc2ccccc12. The number of nitrogens with one attached hydrogen (secondary N) is 3. The van der Waals surface area contributed by atoms with E-state index in [1.807, 2.05) is 84.9 Å². The number of hydrogen-bond donors (Lipinski definition) is 3. The summed E-state index contributed by atoms with van der Waals surface area (Å²) in [4.78, 5) is 9.90. The van der Waals surface area contributed by atoms with Gasteiger partial charge in [-0.3, -0.25) is 9.82 Å². The summed E-state index contributed by atoms with van der Waals surface area (Å²) < 4.78 is 45.3. The highest BCUT2D eigenvalue weighted by Crippen LogP contribution is 2.28. The van der Waals surface area contributed by atoms with Crippen molar-refractivity contribution in [1.29, 1.82) is 0 Å². The number of rotatable bonds is 7. The molecule has 0 bridgehead atoms. The van der Waals surface area contributed by atoms with E-state index < -0.39 is 21.0 Å². The minimum absolute atomic E-state index is 0.0625. The minimum atomic E-state index is -3.94. The van der Waals surface area contributed by atoms with Gasteiger partial charge in [0.15, 0.2) is 28.0 Å². The molecule has 0 aliphatic heterocycles. The number of aromatic nitrogens is 4. The molecule has 42 heavy (non-hydrogen) atoms. The second kappa shape index (κ2) is 10.4. The van der Waals surface area contributed by atoms with E-state index in [1.165, 1.54) is 0 Å². The first-order valence-corrected chi connectivity index (χ1v) is 15.6. The summed E-state index contributed by atoms with van der Waals surface area (Å²) in [5, 5.41) is 10.3. The fourth-order valence-electron chi connectivity index (χ4n) is 4.85. The van der Waals surface area contributed by atoms with Crippen LogP contribution in [-0.2, 0) is 21.0 Å². The van der Waals surface area contributed by atoms with Crippen LogP contribution in [0, 0.1) is 0 Å². The lowest BCUT2D eigenvalue weighted by molar-refractivity contribution is 0.602. The monoisotopic (exact) mass is 590 g/mol. The van der Waals surface area contributed by atoms with Gasteiger partial charge in [0.05, 0.1) is 21.7 Å². The van der Waals surface area contributed by atoms with E-state index in [4.69, 9.17) is 0 Å². The van der Waals surface area contributed by atoms with Crippen LogP contribution in [0.5, 0.6) is 0 Å². The maximum atomic E-state index is 13.3. The lowest BCUT2D eigenvalue weighted by atomic mass is 10.1. The Bertz CT molecular complexity index is 2240. The molecule has 1 atom stereocenters. The molecule has 5 aromatic carbocycles. The summed E-state index contributed by atoms with van der Waals surface area (Å²) in [6.45, 7) is 0. The van der Waals surface area contributed by atoms with Crippen LogP contribution < -0.4 is 9.44 Å². The largest absolute Gasteiger partial charge is 0.301 e. The van der Waals surface area contributed by atoms with E-state index >= 15 is 0 Å². The van der Waals surface area contributed by atoms with Gasteiger partial charge in [-0.2, -0.15) is 5.10 Å². The van der Waals surface area contributed by atoms with Gasteiger partial charge in [0, 0.05) is 16.6 Å². The second-order valence-electron chi connectivity index (χ2n) is 9.53. The van der Waals surface area contributed by atoms with Crippen molar-refractivity contribution in [2.45, 2.75) is 9.79 Å². The normalized spacial score (nSPS) is 12.5. The molecule has 0 saturated heterocycles.